The number of rotatable bonds is 8. The molecule has 0 aromatic heterocycles. The van der Waals surface area contributed by atoms with Crippen molar-refractivity contribution < 1.29 is 22.7 Å². The predicted molar refractivity (Wildman–Crippen MR) is 109 cm³/mol. The van der Waals surface area contributed by atoms with Crippen LogP contribution in [0.25, 0.3) is 0 Å². The highest BCUT2D eigenvalue weighted by atomic mass is 32.2. The third-order valence-electron chi connectivity index (χ3n) is 4.94. The number of methoxy groups -OCH3 is 1. The van der Waals surface area contributed by atoms with Crippen LogP contribution in [0.15, 0.2) is 59.5 Å². The molecule has 1 amide bonds. The van der Waals surface area contributed by atoms with Gasteiger partial charge in [0.25, 0.3) is 0 Å². The fourth-order valence-corrected chi connectivity index (χ4v) is 4.75. The summed E-state index contributed by atoms with van der Waals surface area (Å²) in [5.41, 5.74) is 0. The molecule has 29 heavy (non-hydrogen) atoms. The standard InChI is InChI=1S/C21H26N2O5S/c1-27-18-7-9-19(10-8-18)28-16-13-22-21(24)17-11-14-23(15-12-17)29(25,26)20-5-3-2-4-6-20/h2-10,17H,11-16H2,1H3,(H,22,24). The van der Waals surface area contributed by atoms with Crippen LogP contribution in [-0.2, 0) is 14.8 Å². The van der Waals surface area contributed by atoms with Crippen LogP contribution < -0.4 is 14.8 Å². The second kappa shape index (κ2) is 9.76. The van der Waals surface area contributed by atoms with Crippen molar-refractivity contribution in [2.75, 3.05) is 33.4 Å². The van der Waals surface area contributed by atoms with E-state index < -0.39 is 10.0 Å². The third kappa shape index (κ3) is 5.48. The van der Waals surface area contributed by atoms with Gasteiger partial charge in [-0.25, -0.2) is 8.42 Å². The number of sulfonamides is 1. The van der Waals surface area contributed by atoms with E-state index in [2.05, 4.69) is 5.32 Å². The number of nitrogens with zero attached hydrogens (tertiary/aromatic N) is 1. The van der Waals surface area contributed by atoms with Crippen LogP contribution in [-0.4, -0.2) is 52.0 Å². The van der Waals surface area contributed by atoms with Crippen LogP contribution in [0.4, 0.5) is 0 Å². The lowest BCUT2D eigenvalue weighted by Crippen LogP contribution is -2.43. The van der Waals surface area contributed by atoms with Crippen molar-refractivity contribution in [2.24, 2.45) is 5.92 Å². The lowest BCUT2D eigenvalue weighted by molar-refractivity contribution is -0.126. The molecule has 0 aliphatic carbocycles. The Morgan fingerprint density at radius 2 is 1.66 bits per heavy atom. The average Bonchev–Trinajstić information content (AvgIpc) is 2.77. The smallest absolute Gasteiger partial charge is 0.243 e. The Morgan fingerprint density at radius 1 is 1.03 bits per heavy atom. The van der Waals surface area contributed by atoms with Crippen molar-refractivity contribution in [3.63, 3.8) is 0 Å². The summed E-state index contributed by atoms with van der Waals surface area (Å²) in [5.74, 6) is 1.23. The number of carbonyl (C=O) groups excluding carboxylic acids is 1. The van der Waals surface area contributed by atoms with Gasteiger partial charge in [0.05, 0.1) is 18.6 Å². The van der Waals surface area contributed by atoms with E-state index in [4.69, 9.17) is 9.47 Å². The monoisotopic (exact) mass is 418 g/mol. The van der Waals surface area contributed by atoms with Gasteiger partial charge in [-0.3, -0.25) is 4.79 Å². The zero-order chi connectivity index (χ0) is 20.7. The molecule has 1 aliphatic rings. The first kappa shape index (κ1) is 21.1. The van der Waals surface area contributed by atoms with Gasteiger partial charge < -0.3 is 14.8 Å². The van der Waals surface area contributed by atoms with Gasteiger partial charge in [-0.1, -0.05) is 18.2 Å². The van der Waals surface area contributed by atoms with E-state index in [1.54, 1.807) is 37.4 Å². The normalized spacial score (nSPS) is 15.6. The molecule has 0 spiro atoms. The summed E-state index contributed by atoms with van der Waals surface area (Å²) < 4.78 is 37.4. The predicted octanol–water partition coefficient (Wildman–Crippen LogP) is 2.29. The van der Waals surface area contributed by atoms with Gasteiger partial charge in [0.1, 0.15) is 18.1 Å². The molecule has 0 bridgehead atoms. The maximum absolute atomic E-state index is 12.7. The molecule has 7 nitrogen and oxygen atoms in total. The van der Waals surface area contributed by atoms with Gasteiger partial charge in [-0.05, 0) is 49.2 Å². The van der Waals surface area contributed by atoms with Crippen molar-refractivity contribution in [3.05, 3.63) is 54.6 Å². The lowest BCUT2D eigenvalue weighted by atomic mass is 9.97. The Kier molecular flexibility index (Phi) is 7.11. The Bertz CT molecular complexity index is 892. The number of amides is 1. The van der Waals surface area contributed by atoms with E-state index in [1.807, 2.05) is 24.3 Å². The van der Waals surface area contributed by atoms with E-state index in [-0.39, 0.29) is 11.8 Å². The molecule has 1 saturated heterocycles. The molecular weight excluding hydrogens is 392 g/mol. The minimum absolute atomic E-state index is 0.0555. The number of ether oxygens (including phenoxy) is 2. The summed E-state index contributed by atoms with van der Waals surface area (Å²) in [5, 5.41) is 2.87. The van der Waals surface area contributed by atoms with Crippen LogP contribution in [0, 0.1) is 5.92 Å². The van der Waals surface area contributed by atoms with Crippen molar-refractivity contribution in [1.82, 2.24) is 9.62 Å². The summed E-state index contributed by atoms with van der Waals surface area (Å²) in [6.07, 6.45) is 1.02. The fourth-order valence-electron chi connectivity index (χ4n) is 3.26. The fraction of sp³-hybridized carbons (Fsp3) is 0.381. The van der Waals surface area contributed by atoms with E-state index in [0.29, 0.717) is 49.7 Å². The van der Waals surface area contributed by atoms with E-state index in [9.17, 15) is 13.2 Å². The zero-order valence-electron chi connectivity index (χ0n) is 16.4. The van der Waals surface area contributed by atoms with Crippen molar-refractivity contribution in [2.45, 2.75) is 17.7 Å². The summed E-state index contributed by atoms with van der Waals surface area (Å²) in [6.45, 7) is 1.45. The number of nitrogens with one attached hydrogen (secondary N) is 1. The highest BCUT2D eigenvalue weighted by Gasteiger charge is 2.31. The Balaban J connectivity index is 1.40. The number of hydrogen-bond donors (Lipinski definition) is 1. The molecule has 0 atom stereocenters. The number of hydrogen-bond acceptors (Lipinski definition) is 5. The quantitative estimate of drug-likeness (QED) is 0.665. The summed E-state index contributed by atoms with van der Waals surface area (Å²) in [6, 6.07) is 15.6. The summed E-state index contributed by atoms with van der Waals surface area (Å²) in [7, 11) is -1.89. The molecule has 0 radical (unpaired) electrons. The van der Waals surface area contributed by atoms with Gasteiger partial charge in [0.15, 0.2) is 0 Å². The highest BCUT2D eigenvalue weighted by molar-refractivity contribution is 7.89. The number of piperidine rings is 1. The van der Waals surface area contributed by atoms with Crippen LogP contribution >= 0.6 is 0 Å². The van der Waals surface area contributed by atoms with Gasteiger partial charge in [0, 0.05) is 19.0 Å². The minimum atomic E-state index is -3.50. The highest BCUT2D eigenvalue weighted by Crippen LogP contribution is 2.24. The maximum Gasteiger partial charge on any atom is 0.243 e. The van der Waals surface area contributed by atoms with Gasteiger partial charge in [-0.15, -0.1) is 0 Å². The van der Waals surface area contributed by atoms with Crippen molar-refractivity contribution >= 4 is 15.9 Å². The first-order valence-corrected chi connectivity index (χ1v) is 11.0. The lowest BCUT2D eigenvalue weighted by Gasteiger charge is -2.30. The average molecular weight is 419 g/mol. The molecule has 0 unspecified atom stereocenters. The van der Waals surface area contributed by atoms with E-state index in [0.717, 1.165) is 5.75 Å². The number of benzene rings is 2. The molecule has 1 aliphatic heterocycles. The zero-order valence-corrected chi connectivity index (χ0v) is 17.2. The van der Waals surface area contributed by atoms with Crippen LogP contribution in [0.2, 0.25) is 0 Å². The molecule has 0 saturated carbocycles. The minimum Gasteiger partial charge on any atom is -0.497 e. The third-order valence-corrected chi connectivity index (χ3v) is 6.85. The number of carbonyl (C=O) groups is 1. The maximum atomic E-state index is 12.7. The molecule has 3 rings (SSSR count). The van der Waals surface area contributed by atoms with Gasteiger partial charge in [-0.2, -0.15) is 4.31 Å². The molecule has 1 N–H and O–H groups in total. The van der Waals surface area contributed by atoms with Gasteiger partial charge in [0.2, 0.25) is 15.9 Å². The molecule has 8 heteroatoms. The van der Waals surface area contributed by atoms with Crippen LogP contribution in [0.1, 0.15) is 12.8 Å². The Hall–Kier alpha value is -2.58. The van der Waals surface area contributed by atoms with Crippen molar-refractivity contribution in [3.8, 4) is 11.5 Å². The van der Waals surface area contributed by atoms with E-state index >= 15 is 0 Å². The first-order valence-electron chi connectivity index (χ1n) is 9.60. The largest absolute Gasteiger partial charge is 0.497 e. The van der Waals surface area contributed by atoms with E-state index in [1.165, 1.54) is 4.31 Å². The topological polar surface area (TPSA) is 84.9 Å². The molecule has 1 fully saturated rings. The SMILES string of the molecule is COc1ccc(OCCNC(=O)C2CCN(S(=O)(=O)c3ccccc3)CC2)cc1. The Morgan fingerprint density at radius 3 is 2.28 bits per heavy atom. The first-order chi connectivity index (χ1) is 14.0. The Labute approximate surface area is 171 Å². The van der Waals surface area contributed by atoms with Crippen LogP contribution in [0.3, 0.4) is 0 Å². The molecular formula is C21H26N2O5S. The van der Waals surface area contributed by atoms with Gasteiger partial charge >= 0.3 is 0 Å². The van der Waals surface area contributed by atoms with Crippen molar-refractivity contribution in [1.29, 1.82) is 0 Å². The second-order valence-corrected chi connectivity index (χ2v) is 8.74. The molecule has 1 heterocycles. The van der Waals surface area contributed by atoms with Crippen LogP contribution in [0.5, 0.6) is 11.5 Å². The molecule has 2 aromatic rings. The molecule has 2 aromatic carbocycles. The molecule has 156 valence electrons. The summed E-state index contributed by atoms with van der Waals surface area (Å²) >= 11 is 0. The second-order valence-electron chi connectivity index (χ2n) is 6.81. The summed E-state index contributed by atoms with van der Waals surface area (Å²) in [4.78, 5) is 12.7.